The molecule has 1 unspecified atom stereocenters. The number of carbonyl (C=O) groups excluding carboxylic acids is 1. The van der Waals surface area contributed by atoms with Gasteiger partial charge < -0.3 is 19.9 Å². The van der Waals surface area contributed by atoms with Gasteiger partial charge in [-0.2, -0.15) is 5.26 Å². The Balaban J connectivity index is 2.15. The Bertz CT molecular complexity index is 832. The molecule has 0 saturated heterocycles. The van der Waals surface area contributed by atoms with Gasteiger partial charge in [0.15, 0.2) is 0 Å². The monoisotopic (exact) mass is 369 g/mol. The minimum absolute atomic E-state index is 0.0685. The van der Waals surface area contributed by atoms with Crippen LogP contribution < -0.4 is 10.5 Å². The molecule has 0 aliphatic rings. The van der Waals surface area contributed by atoms with E-state index < -0.39 is 12.2 Å². The second-order valence-corrected chi connectivity index (χ2v) is 6.16. The Kier molecular flexibility index (Phi) is 7.15. The summed E-state index contributed by atoms with van der Waals surface area (Å²) in [5.41, 5.74) is 8.26. The number of pyridine rings is 1. The molecular weight excluding hydrogens is 346 g/mol. The predicted molar refractivity (Wildman–Crippen MR) is 100 cm³/mol. The largest absolute Gasteiger partial charge is 0.488 e. The first kappa shape index (κ1) is 20.2. The Hall–Kier alpha value is -3.11. The van der Waals surface area contributed by atoms with Crippen LogP contribution >= 0.6 is 0 Å². The van der Waals surface area contributed by atoms with Crippen LogP contribution in [0.1, 0.15) is 24.6 Å². The third kappa shape index (κ3) is 5.97. The average Bonchev–Trinajstić information content (AvgIpc) is 2.65. The van der Waals surface area contributed by atoms with Gasteiger partial charge in [-0.3, -0.25) is 4.98 Å². The lowest BCUT2D eigenvalue weighted by atomic mass is 10.0. The highest BCUT2D eigenvalue weighted by Crippen LogP contribution is 2.27. The van der Waals surface area contributed by atoms with E-state index in [1.165, 1.54) is 0 Å². The quantitative estimate of drug-likeness (QED) is 0.765. The van der Waals surface area contributed by atoms with E-state index in [0.29, 0.717) is 17.7 Å². The number of carbonyl (C=O) groups is 1. The molecule has 0 saturated carbocycles. The van der Waals surface area contributed by atoms with Gasteiger partial charge in [0.2, 0.25) is 0 Å². The fourth-order valence-corrected chi connectivity index (χ4v) is 2.61. The zero-order valence-corrected chi connectivity index (χ0v) is 15.6. The van der Waals surface area contributed by atoms with Crippen LogP contribution in [0.5, 0.6) is 5.75 Å². The van der Waals surface area contributed by atoms with Crippen molar-refractivity contribution in [1.29, 1.82) is 5.26 Å². The highest BCUT2D eigenvalue weighted by molar-refractivity contribution is 5.67. The van der Waals surface area contributed by atoms with E-state index in [2.05, 4.69) is 11.1 Å². The molecule has 0 aliphatic heterocycles. The van der Waals surface area contributed by atoms with E-state index in [-0.39, 0.29) is 12.7 Å². The number of aromatic nitrogens is 1. The summed E-state index contributed by atoms with van der Waals surface area (Å²) in [4.78, 5) is 15.3. The van der Waals surface area contributed by atoms with Crippen molar-refractivity contribution in [2.75, 3.05) is 13.7 Å². The van der Waals surface area contributed by atoms with Gasteiger partial charge in [0.25, 0.3) is 0 Å². The lowest BCUT2D eigenvalue weighted by Gasteiger charge is -2.20. The lowest BCUT2D eigenvalue weighted by molar-refractivity contribution is 0.0216. The highest BCUT2D eigenvalue weighted by atomic mass is 16.6. The Morgan fingerprint density at radius 3 is 2.67 bits per heavy atom. The Morgan fingerprint density at radius 2 is 2.04 bits per heavy atom. The van der Waals surface area contributed by atoms with Crippen molar-refractivity contribution in [3.05, 3.63) is 47.8 Å². The Labute approximate surface area is 158 Å². The summed E-state index contributed by atoms with van der Waals surface area (Å²) in [6, 6.07) is 11.3. The number of nitriles is 1. The number of hydrogen-bond donors (Lipinski definition) is 1. The summed E-state index contributed by atoms with van der Waals surface area (Å²) in [5.74, 6) is 0.412. The van der Waals surface area contributed by atoms with Crippen LogP contribution in [-0.2, 0) is 9.47 Å². The minimum atomic E-state index is -0.879. The number of benzene rings is 1. The normalized spacial score (nSPS) is 12.7. The van der Waals surface area contributed by atoms with Crippen LogP contribution in [0.15, 0.2) is 36.5 Å². The first-order valence-electron chi connectivity index (χ1n) is 8.51. The van der Waals surface area contributed by atoms with Crippen molar-refractivity contribution >= 4 is 6.09 Å². The molecule has 1 aromatic heterocycles. The van der Waals surface area contributed by atoms with Gasteiger partial charge in [-0.05, 0) is 49.2 Å². The maximum Gasteiger partial charge on any atom is 0.404 e. The standard InChI is InChI=1S/C20H23N3O4/c1-13-8-16(6-7-23-13)15-4-5-19(17(10-15)11-21)26-12-18(27-20(22)24)9-14(2)25-3/h4-8,10,14,18H,9,12H2,1-3H3,(H2,22,24)/t14-,18?/m0/s1. The van der Waals surface area contributed by atoms with Crippen LogP contribution in [-0.4, -0.2) is 37.0 Å². The molecule has 142 valence electrons. The summed E-state index contributed by atoms with van der Waals surface area (Å²) in [6.07, 6.45) is 0.563. The number of nitrogens with two attached hydrogens (primary N) is 1. The van der Waals surface area contributed by atoms with Crippen LogP contribution in [0.3, 0.4) is 0 Å². The molecule has 1 heterocycles. The van der Waals surface area contributed by atoms with Crippen LogP contribution in [0.25, 0.3) is 11.1 Å². The molecule has 2 atom stereocenters. The van der Waals surface area contributed by atoms with Crippen molar-refractivity contribution in [1.82, 2.24) is 4.98 Å². The van der Waals surface area contributed by atoms with E-state index >= 15 is 0 Å². The molecule has 0 spiro atoms. The smallest absolute Gasteiger partial charge is 0.404 e. The van der Waals surface area contributed by atoms with Crippen molar-refractivity contribution in [3.8, 4) is 22.9 Å². The zero-order valence-electron chi connectivity index (χ0n) is 15.6. The summed E-state index contributed by atoms with van der Waals surface area (Å²) in [6.45, 7) is 3.83. The number of nitrogens with zero attached hydrogens (tertiary/aromatic N) is 2. The number of hydrogen-bond acceptors (Lipinski definition) is 6. The SMILES string of the molecule is CO[C@@H](C)CC(COc1ccc(-c2ccnc(C)c2)cc1C#N)OC(N)=O. The summed E-state index contributed by atoms with van der Waals surface area (Å²) in [5, 5.41) is 9.47. The van der Waals surface area contributed by atoms with E-state index in [1.807, 2.05) is 32.0 Å². The van der Waals surface area contributed by atoms with Gasteiger partial charge in [-0.1, -0.05) is 6.07 Å². The first-order valence-corrected chi connectivity index (χ1v) is 8.51. The Morgan fingerprint density at radius 1 is 1.30 bits per heavy atom. The second kappa shape index (κ2) is 9.55. The molecule has 1 amide bonds. The van der Waals surface area contributed by atoms with E-state index in [1.54, 1.807) is 25.4 Å². The average molecular weight is 369 g/mol. The molecule has 0 radical (unpaired) electrons. The van der Waals surface area contributed by atoms with Crippen molar-refractivity contribution < 1.29 is 19.0 Å². The van der Waals surface area contributed by atoms with E-state index in [0.717, 1.165) is 16.8 Å². The molecular formula is C20H23N3O4. The molecule has 0 aliphatic carbocycles. The summed E-state index contributed by atoms with van der Waals surface area (Å²) < 4.78 is 16.0. The molecule has 2 N–H and O–H groups in total. The fraction of sp³-hybridized carbons (Fsp3) is 0.350. The third-order valence-corrected chi connectivity index (χ3v) is 4.03. The predicted octanol–water partition coefficient (Wildman–Crippen LogP) is 3.20. The highest BCUT2D eigenvalue weighted by Gasteiger charge is 2.18. The number of amides is 1. The van der Waals surface area contributed by atoms with Crippen LogP contribution in [0.4, 0.5) is 4.79 Å². The van der Waals surface area contributed by atoms with Gasteiger partial charge >= 0.3 is 6.09 Å². The van der Waals surface area contributed by atoms with E-state index in [4.69, 9.17) is 19.9 Å². The fourth-order valence-electron chi connectivity index (χ4n) is 2.61. The number of rotatable bonds is 8. The molecule has 0 fully saturated rings. The van der Waals surface area contributed by atoms with Crippen molar-refractivity contribution in [3.63, 3.8) is 0 Å². The summed E-state index contributed by atoms with van der Waals surface area (Å²) >= 11 is 0. The third-order valence-electron chi connectivity index (χ3n) is 4.03. The summed E-state index contributed by atoms with van der Waals surface area (Å²) in [7, 11) is 1.57. The maximum atomic E-state index is 11.1. The van der Waals surface area contributed by atoms with Gasteiger partial charge in [0.05, 0.1) is 11.7 Å². The van der Waals surface area contributed by atoms with Crippen LogP contribution in [0, 0.1) is 18.3 Å². The molecule has 2 aromatic rings. The van der Waals surface area contributed by atoms with E-state index in [9.17, 15) is 10.1 Å². The number of ether oxygens (including phenoxy) is 3. The zero-order chi connectivity index (χ0) is 19.8. The van der Waals surface area contributed by atoms with Crippen molar-refractivity contribution in [2.45, 2.75) is 32.5 Å². The topological polar surface area (TPSA) is 107 Å². The minimum Gasteiger partial charge on any atom is -0.488 e. The molecule has 0 bridgehead atoms. The second-order valence-electron chi connectivity index (χ2n) is 6.16. The number of methoxy groups -OCH3 is 1. The first-order chi connectivity index (χ1) is 12.9. The van der Waals surface area contributed by atoms with Crippen LogP contribution in [0.2, 0.25) is 0 Å². The number of primary amides is 1. The van der Waals surface area contributed by atoms with Gasteiger partial charge in [0.1, 0.15) is 24.5 Å². The van der Waals surface area contributed by atoms with Crippen molar-refractivity contribution in [2.24, 2.45) is 5.73 Å². The van der Waals surface area contributed by atoms with Gasteiger partial charge in [-0.15, -0.1) is 0 Å². The lowest BCUT2D eigenvalue weighted by Crippen LogP contribution is -2.31. The molecule has 27 heavy (non-hydrogen) atoms. The molecule has 7 heteroatoms. The molecule has 2 rings (SSSR count). The van der Waals surface area contributed by atoms with Gasteiger partial charge in [-0.25, -0.2) is 4.79 Å². The number of aryl methyl sites for hydroxylation is 1. The molecule has 1 aromatic carbocycles. The maximum absolute atomic E-state index is 11.1. The molecule has 7 nitrogen and oxygen atoms in total. The van der Waals surface area contributed by atoms with Gasteiger partial charge in [0, 0.05) is 25.4 Å².